The molecule has 0 saturated heterocycles. The van der Waals surface area contributed by atoms with Crippen LogP contribution in [-0.4, -0.2) is 52.2 Å². The molecular weight excluding hydrogens is 344 g/mol. The lowest BCUT2D eigenvalue weighted by Gasteiger charge is -2.07. The first kappa shape index (κ1) is 26.4. The quantitative estimate of drug-likeness (QED) is 0.186. The minimum atomic E-state index is -0.117. The molecule has 0 atom stereocenters. The normalized spacial score (nSPS) is 11.0. The van der Waals surface area contributed by atoms with Gasteiger partial charge in [0.15, 0.2) is 0 Å². The molecule has 0 rings (SSSR count). The van der Waals surface area contributed by atoms with E-state index in [-0.39, 0.29) is 5.97 Å². The Morgan fingerprint density at radius 1 is 0.519 bits per heavy atom. The molecule has 0 saturated carbocycles. The number of hydrogen-bond acceptors (Lipinski definition) is 5. The molecule has 5 heteroatoms. The van der Waals surface area contributed by atoms with Gasteiger partial charge in [-0.15, -0.1) is 0 Å². The van der Waals surface area contributed by atoms with Gasteiger partial charge in [0.2, 0.25) is 0 Å². The van der Waals surface area contributed by atoms with Gasteiger partial charge in [-0.1, -0.05) is 65.2 Å². The summed E-state index contributed by atoms with van der Waals surface area (Å²) < 4.78 is 21.7. The highest BCUT2D eigenvalue weighted by Gasteiger charge is 2.02. The minimum Gasteiger partial charge on any atom is -0.466 e. The summed E-state index contributed by atoms with van der Waals surface area (Å²) in [7, 11) is 0. The second-order valence-corrected chi connectivity index (χ2v) is 6.99. The first-order valence-electron chi connectivity index (χ1n) is 11.2. The van der Waals surface area contributed by atoms with E-state index in [2.05, 4.69) is 13.8 Å². The van der Waals surface area contributed by atoms with Crippen LogP contribution in [-0.2, 0) is 23.7 Å². The number of ether oxygens (including phenoxy) is 4. The van der Waals surface area contributed by atoms with Crippen molar-refractivity contribution in [1.29, 1.82) is 0 Å². The second kappa shape index (κ2) is 23.4. The van der Waals surface area contributed by atoms with Crippen LogP contribution in [0.3, 0.4) is 0 Å². The molecule has 0 aromatic heterocycles. The van der Waals surface area contributed by atoms with E-state index >= 15 is 0 Å². The van der Waals surface area contributed by atoms with Crippen LogP contribution in [0.15, 0.2) is 0 Å². The highest BCUT2D eigenvalue weighted by molar-refractivity contribution is 5.69. The van der Waals surface area contributed by atoms with Gasteiger partial charge in [0.1, 0.15) is 0 Å². The van der Waals surface area contributed by atoms with Gasteiger partial charge in [-0.05, 0) is 19.3 Å². The molecule has 27 heavy (non-hydrogen) atoms. The summed E-state index contributed by atoms with van der Waals surface area (Å²) in [6.45, 7) is 8.76. The fourth-order valence-electron chi connectivity index (χ4n) is 2.63. The van der Waals surface area contributed by atoms with Crippen LogP contribution in [0.4, 0.5) is 0 Å². The maximum atomic E-state index is 11.5. The lowest BCUT2D eigenvalue weighted by molar-refractivity contribution is -0.144. The predicted octanol–water partition coefficient (Wildman–Crippen LogP) is 5.30. The Bertz CT molecular complexity index is 296. The van der Waals surface area contributed by atoms with Crippen molar-refractivity contribution in [3.63, 3.8) is 0 Å². The van der Waals surface area contributed by atoms with E-state index in [1.54, 1.807) is 0 Å². The highest BCUT2D eigenvalue weighted by atomic mass is 16.5. The molecule has 162 valence electrons. The van der Waals surface area contributed by atoms with Gasteiger partial charge in [-0.25, -0.2) is 0 Å². The van der Waals surface area contributed by atoms with Crippen molar-refractivity contribution in [2.45, 2.75) is 90.9 Å². The van der Waals surface area contributed by atoms with Crippen molar-refractivity contribution in [1.82, 2.24) is 0 Å². The standard InChI is InChI=1S/C22H44O5/c1-3-5-7-9-10-11-15-24-18-20-26-21-19-25-16-13-14-22(23)27-17-12-8-6-4-2/h3-21H2,1-2H3. The third-order valence-electron chi connectivity index (χ3n) is 4.32. The summed E-state index contributed by atoms with van der Waals surface area (Å²) in [5.74, 6) is -0.117. The van der Waals surface area contributed by atoms with E-state index in [0.717, 1.165) is 25.9 Å². The van der Waals surface area contributed by atoms with Gasteiger partial charge in [-0.2, -0.15) is 0 Å². The Morgan fingerprint density at radius 3 is 1.59 bits per heavy atom. The molecule has 0 spiro atoms. The van der Waals surface area contributed by atoms with Crippen LogP contribution < -0.4 is 0 Å². The van der Waals surface area contributed by atoms with Crippen LogP contribution in [0.25, 0.3) is 0 Å². The zero-order valence-electron chi connectivity index (χ0n) is 18.0. The SMILES string of the molecule is CCCCCCCCOCCOCCOCCCC(=O)OCCCCCC. The van der Waals surface area contributed by atoms with E-state index in [0.29, 0.717) is 52.5 Å². The smallest absolute Gasteiger partial charge is 0.305 e. The third kappa shape index (κ3) is 23.3. The number of carbonyl (C=O) groups excluding carboxylic acids is 1. The van der Waals surface area contributed by atoms with Gasteiger partial charge in [0.05, 0.1) is 33.0 Å². The molecular formula is C22H44O5. The highest BCUT2D eigenvalue weighted by Crippen LogP contribution is 2.04. The van der Waals surface area contributed by atoms with Crippen molar-refractivity contribution in [3.8, 4) is 0 Å². The van der Waals surface area contributed by atoms with Crippen LogP contribution in [0, 0.1) is 0 Å². The maximum absolute atomic E-state index is 11.5. The fourth-order valence-corrected chi connectivity index (χ4v) is 2.63. The zero-order valence-corrected chi connectivity index (χ0v) is 18.0. The summed E-state index contributed by atoms with van der Waals surface area (Å²) in [5.41, 5.74) is 0. The zero-order chi connectivity index (χ0) is 19.8. The molecule has 0 heterocycles. The molecule has 5 nitrogen and oxygen atoms in total. The molecule has 0 aliphatic carbocycles. The van der Waals surface area contributed by atoms with Crippen LogP contribution in [0.1, 0.15) is 90.9 Å². The Balaban J connectivity index is 3.09. The Hall–Kier alpha value is -0.650. The molecule has 0 radical (unpaired) electrons. The summed E-state index contributed by atoms with van der Waals surface area (Å²) in [6, 6.07) is 0. The Kier molecular flexibility index (Phi) is 22.8. The Labute approximate surface area is 167 Å². The number of carbonyl (C=O) groups is 1. The van der Waals surface area contributed by atoms with Crippen molar-refractivity contribution < 1.29 is 23.7 Å². The van der Waals surface area contributed by atoms with Gasteiger partial charge < -0.3 is 18.9 Å². The average Bonchev–Trinajstić information content (AvgIpc) is 2.67. The average molecular weight is 389 g/mol. The fraction of sp³-hybridized carbons (Fsp3) is 0.955. The van der Waals surface area contributed by atoms with E-state index in [1.807, 2.05) is 0 Å². The minimum absolute atomic E-state index is 0.117. The van der Waals surface area contributed by atoms with Gasteiger partial charge in [0.25, 0.3) is 0 Å². The monoisotopic (exact) mass is 388 g/mol. The van der Waals surface area contributed by atoms with E-state index in [9.17, 15) is 4.79 Å². The number of rotatable bonds is 22. The Morgan fingerprint density at radius 2 is 0.963 bits per heavy atom. The molecule has 0 aromatic rings. The molecule has 0 aromatic carbocycles. The van der Waals surface area contributed by atoms with Crippen molar-refractivity contribution in [2.75, 3.05) is 46.2 Å². The molecule has 0 aliphatic rings. The summed E-state index contributed by atoms with van der Waals surface area (Å²) in [6.07, 6.45) is 13.4. The third-order valence-corrected chi connectivity index (χ3v) is 4.32. The van der Waals surface area contributed by atoms with Crippen LogP contribution >= 0.6 is 0 Å². The maximum Gasteiger partial charge on any atom is 0.305 e. The first-order valence-corrected chi connectivity index (χ1v) is 11.2. The van der Waals surface area contributed by atoms with Gasteiger partial charge in [0, 0.05) is 19.6 Å². The van der Waals surface area contributed by atoms with Gasteiger partial charge >= 0.3 is 5.97 Å². The molecule has 0 aliphatic heterocycles. The topological polar surface area (TPSA) is 54.0 Å². The second-order valence-electron chi connectivity index (χ2n) is 6.99. The van der Waals surface area contributed by atoms with E-state index < -0.39 is 0 Å². The van der Waals surface area contributed by atoms with Crippen molar-refractivity contribution in [3.05, 3.63) is 0 Å². The van der Waals surface area contributed by atoms with Crippen molar-refractivity contribution in [2.24, 2.45) is 0 Å². The molecule has 0 unspecified atom stereocenters. The van der Waals surface area contributed by atoms with Crippen molar-refractivity contribution >= 4 is 5.97 Å². The predicted molar refractivity (Wildman–Crippen MR) is 110 cm³/mol. The molecule has 0 amide bonds. The molecule has 0 fully saturated rings. The number of unbranched alkanes of at least 4 members (excludes halogenated alkanes) is 8. The number of hydrogen-bond donors (Lipinski definition) is 0. The molecule has 0 N–H and O–H groups in total. The lowest BCUT2D eigenvalue weighted by Crippen LogP contribution is -2.11. The van der Waals surface area contributed by atoms with E-state index in [1.165, 1.54) is 44.9 Å². The van der Waals surface area contributed by atoms with E-state index in [4.69, 9.17) is 18.9 Å². The summed E-state index contributed by atoms with van der Waals surface area (Å²) >= 11 is 0. The van der Waals surface area contributed by atoms with Crippen LogP contribution in [0.2, 0.25) is 0 Å². The summed E-state index contributed by atoms with van der Waals surface area (Å²) in [5, 5.41) is 0. The van der Waals surface area contributed by atoms with Crippen LogP contribution in [0.5, 0.6) is 0 Å². The first-order chi connectivity index (χ1) is 13.3. The lowest BCUT2D eigenvalue weighted by atomic mass is 10.1. The molecule has 0 bridgehead atoms. The summed E-state index contributed by atoms with van der Waals surface area (Å²) in [4.78, 5) is 11.5. The van der Waals surface area contributed by atoms with Gasteiger partial charge in [-0.3, -0.25) is 4.79 Å². The largest absolute Gasteiger partial charge is 0.466 e. The number of esters is 1.